The van der Waals surface area contributed by atoms with Crippen molar-refractivity contribution in [3.63, 3.8) is 0 Å². The van der Waals surface area contributed by atoms with E-state index in [1.165, 1.54) is 0 Å². The molecular weight excluding hydrogens is 248 g/mol. The summed E-state index contributed by atoms with van der Waals surface area (Å²) in [6, 6.07) is 8.53. The Hall–Kier alpha value is -1.51. The Labute approximate surface area is 122 Å². The molecule has 0 saturated carbocycles. The van der Waals surface area contributed by atoms with E-state index in [1.54, 1.807) is 0 Å². The van der Waals surface area contributed by atoms with Crippen LogP contribution in [-0.2, 0) is 4.79 Å². The van der Waals surface area contributed by atoms with Gasteiger partial charge in [0.15, 0.2) is 0 Å². The Balaban J connectivity index is 2.13. The van der Waals surface area contributed by atoms with Gasteiger partial charge in [-0.2, -0.15) is 0 Å². The van der Waals surface area contributed by atoms with E-state index in [2.05, 4.69) is 38.2 Å². The molecule has 0 saturated heterocycles. The van der Waals surface area contributed by atoms with Crippen LogP contribution in [0.2, 0.25) is 0 Å². The van der Waals surface area contributed by atoms with Crippen molar-refractivity contribution in [2.75, 3.05) is 18.9 Å². The zero-order valence-corrected chi connectivity index (χ0v) is 13.0. The van der Waals surface area contributed by atoms with E-state index in [9.17, 15) is 4.79 Å². The summed E-state index contributed by atoms with van der Waals surface area (Å²) in [6.45, 7) is 7.38. The van der Waals surface area contributed by atoms with Crippen LogP contribution in [0.25, 0.3) is 0 Å². The minimum atomic E-state index is -0.000359. The highest BCUT2D eigenvalue weighted by atomic mass is 16.2. The molecule has 3 nitrogen and oxygen atoms in total. The molecule has 1 aliphatic rings. The minimum absolute atomic E-state index is 0.000359. The molecule has 1 N–H and O–H groups in total. The Morgan fingerprint density at radius 2 is 2.10 bits per heavy atom. The van der Waals surface area contributed by atoms with E-state index in [0.717, 1.165) is 30.6 Å². The van der Waals surface area contributed by atoms with Gasteiger partial charge in [-0.05, 0) is 37.3 Å². The summed E-state index contributed by atoms with van der Waals surface area (Å²) in [5.74, 6) is 0.885. The van der Waals surface area contributed by atoms with Gasteiger partial charge in [0.1, 0.15) is 0 Å². The molecule has 0 aromatic heterocycles. The van der Waals surface area contributed by atoms with Crippen molar-refractivity contribution in [1.82, 2.24) is 4.90 Å². The molecule has 1 heterocycles. The number of fused-ring (bicyclic) bond motifs is 1. The summed E-state index contributed by atoms with van der Waals surface area (Å²) in [5, 5.41) is 3.46. The van der Waals surface area contributed by atoms with Gasteiger partial charge in [0.2, 0.25) is 5.91 Å². The molecule has 0 radical (unpaired) electrons. The zero-order chi connectivity index (χ0) is 14.7. The molecular formula is C17H26N2O. The van der Waals surface area contributed by atoms with E-state index in [0.29, 0.717) is 12.0 Å². The number of hydrogen-bond donors (Lipinski definition) is 1. The molecule has 2 rings (SSSR count). The van der Waals surface area contributed by atoms with Crippen LogP contribution in [0.5, 0.6) is 0 Å². The third kappa shape index (κ3) is 3.33. The van der Waals surface area contributed by atoms with Crippen LogP contribution in [0.3, 0.4) is 0 Å². The molecule has 1 aromatic carbocycles. The summed E-state index contributed by atoms with van der Waals surface area (Å²) in [5.41, 5.74) is 2.26. The molecule has 0 bridgehead atoms. The molecule has 20 heavy (non-hydrogen) atoms. The van der Waals surface area contributed by atoms with Crippen LogP contribution in [0.4, 0.5) is 5.69 Å². The maximum atomic E-state index is 12.7. The molecule has 2 atom stereocenters. The van der Waals surface area contributed by atoms with Crippen LogP contribution in [0.1, 0.15) is 45.1 Å². The monoisotopic (exact) mass is 274 g/mol. The van der Waals surface area contributed by atoms with E-state index < -0.39 is 0 Å². The quantitative estimate of drug-likeness (QED) is 0.911. The fourth-order valence-corrected chi connectivity index (χ4v) is 2.80. The number of benzene rings is 1. The lowest BCUT2D eigenvalue weighted by atomic mass is 9.86. The standard InChI is InChI=1S/C17H26N2O/c1-12(2)9-10-19(4)17(20)15-11-13(3)18-16-8-6-5-7-14(15)16/h5-8,12-13,15,18H,9-11H2,1-4H3. The number of rotatable bonds is 4. The Kier molecular flexibility index (Phi) is 4.69. The number of nitrogens with zero attached hydrogens (tertiary/aromatic N) is 1. The average molecular weight is 274 g/mol. The third-order valence-corrected chi connectivity index (χ3v) is 4.04. The van der Waals surface area contributed by atoms with Gasteiger partial charge in [-0.25, -0.2) is 0 Å². The molecule has 110 valence electrons. The van der Waals surface area contributed by atoms with Gasteiger partial charge in [0.05, 0.1) is 5.92 Å². The van der Waals surface area contributed by atoms with Crippen molar-refractivity contribution < 1.29 is 4.79 Å². The van der Waals surface area contributed by atoms with Crippen LogP contribution in [0.15, 0.2) is 24.3 Å². The number of hydrogen-bond acceptors (Lipinski definition) is 2. The van der Waals surface area contributed by atoms with Crippen LogP contribution in [0, 0.1) is 5.92 Å². The number of carbonyl (C=O) groups excluding carboxylic acids is 1. The topological polar surface area (TPSA) is 32.3 Å². The number of para-hydroxylation sites is 1. The lowest BCUT2D eigenvalue weighted by Gasteiger charge is -2.33. The zero-order valence-electron chi connectivity index (χ0n) is 13.0. The van der Waals surface area contributed by atoms with E-state index in [4.69, 9.17) is 0 Å². The smallest absolute Gasteiger partial charge is 0.230 e. The maximum absolute atomic E-state index is 12.7. The SMILES string of the molecule is CC(C)CCN(C)C(=O)C1CC(C)Nc2ccccc21. The lowest BCUT2D eigenvalue weighted by molar-refractivity contribution is -0.132. The Morgan fingerprint density at radius 1 is 1.40 bits per heavy atom. The van der Waals surface area contributed by atoms with Crippen molar-refractivity contribution in [2.45, 2.75) is 45.6 Å². The van der Waals surface area contributed by atoms with Gasteiger partial charge in [-0.3, -0.25) is 4.79 Å². The van der Waals surface area contributed by atoms with Gasteiger partial charge >= 0.3 is 0 Å². The fourth-order valence-electron chi connectivity index (χ4n) is 2.80. The molecule has 1 amide bonds. The number of nitrogens with one attached hydrogen (secondary N) is 1. The third-order valence-electron chi connectivity index (χ3n) is 4.04. The Morgan fingerprint density at radius 3 is 2.80 bits per heavy atom. The van der Waals surface area contributed by atoms with Gasteiger partial charge in [-0.15, -0.1) is 0 Å². The second kappa shape index (κ2) is 6.29. The van der Waals surface area contributed by atoms with Crippen molar-refractivity contribution in [1.29, 1.82) is 0 Å². The molecule has 0 spiro atoms. The molecule has 1 aromatic rings. The van der Waals surface area contributed by atoms with Crippen molar-refractivity contribution in [3.05, 3.63) is 29.8 Å². The second-order valence-electron chi connectivity index (χ2n) is 6.36. The lowest BCUT2D eigenvalue weighted by Crippen LogP contribution is -2.37. The van der Waals surface area contributed by atoms with Gasteiger partial charge < -0.3 is 10.2 Å². The Bertz CT molecular complexity index is 470. The van der Waals surface area contributed by atoms with Crippen LogP contribution in [-0.4, -0.2) is 30.4 Å². The number of carbonyl (C=O) groups is 1. The van der Waals surface area contributed by atoms with E-state index in [-0.39, 0.29) is 11.8 Å². The predicted molar refractivity (Wildman–Crippen MR) is 84.0 cm³/mol. The summed E-state index contributed by atoms with van der Waals surface area (Å²) in [7, 11) is 1.93. The first-order valence-electron chi connectivity index (χ1n) is 7.59. The summed E-state index contributed by atoms with van der Waals surface area (Å²) >= 11 is 0. The number of likely N-dealkylation sites (N-methyl/N-ethyl adjacent to an activating group) is 1. The second-order valence-corrected chi connectivity index (χ2v) is 6.36. The molecule has 0 aliphatic carbocycles. The fraction of sp³-hybridized carbons (Fsp3) is 0.588. The van der Waals surface area contributed by atoms with Gasteiger partial charge in [0.25, 0.3) is 0 Å². The highest BCUT2D eigenvalue weighted by Crippen LogP contribution is 2.35. The molecule has 3 heteroatoms. The first kappa shape index (κ1) is 14.9. The van der Waals surface area contributed by atoms with Gasteiger partial charge in [-0.1, -0.05) is 32.0 Å². The maximum Gasteiger partial charge on any atom is 0.230 e. The van der Waals surface area contributed by atoms with E-state index in [1.807, 2.05) is 24.1 Å². The summed E-state index contributed by atoms with van der Waals surface area (Å²) < 4.78 is 0. The highest BCUT2D eigenvalue weighted by molar-refractivity contribution is 5.86. The van der Waals surface area contributed by atoms with Crippen molar-refractivity contribution in [3.8, 4) is 0 Å². The normalized spacial score (nSPS) is 21.2. The largest absolute Gasteiger partial charge is 0.382 e. The minimum Gasteiger partial charge on any atom is -0.382 e. The number of anilines is 1. The first-order chi connectivity index (χ1) is 9.49. The summed E-state index contributed by atoms with van der Waals surface area (Å²) in [6.07, 6.45) is 1.94. The molecule has 2 unspecified atom stereocenters. The van der Waals surface area contributed by atoms with Crippen LogP contribution < -0.4 is 5.32 Å². The highest BCUT2D eigenvalue weighted by Gasteiger charge is 2.31. The van der Waals surface area contributed by atoms with Crippen molar-refractivity contribution in [2.24, 2.45) is 5.92 Å². The number of amides is 1. The molecule has 1 aliphatic heterocycles. The van der Waals surface area contributed by atoms with Crippen molar-refractivity contribution >= 4 is 11.6 Å². The summed E-state index contributed by atoms with van der Waals surface area (Å²) in [4.78, 5) is 14.6. The average Bonchev–Trinajstić information content (AvgIpc) is 2.42. The van der Waals surface area contributed by atoms with E-state index >= 15 is 0 Å². The first-order valence-corrected chi connectivity index (χ1v) is 7.59. The van der Waals surface area contributed by atoms with Crippen LogP contribution >= 0.6 is 0 Å². The molecule has 0 fully saturated rings. The van der Waals surface area contributed by atoms with Gasteiger partial charge in [0, 0.05) is 25.3 Å². The predicted octanol–water partition coefficient (Wildman–Crippen LogP) is 3.48.